The zero-order chi connectivity index (χ0) is 43.8. The van der Waals surface area contributed by atoms with Gasteiger partial charge in [0.1, 0.15) is 64.8 Å². The van der Waals surface area contributed by atoms with Crippen LogP contribution in [0, 0.1) is 0 Å². The van der Waals surface area contributed by atoms with Gasteiger partial charge in [-0.1, -0.05) is 0 Å². The Morgan fingerprint density at radius 2 is 1.02 bits per heavy atom. The van der Waals surface area contributed by atoms with Crippen molar-refractivity contribution in [2.45, 2.75) is 70.1 Å². The summed E-state index contributed by atoms with van der Waals surface area (Å²) in [7, 11) is 9.66. The van der Waals surface area contributed by atoms with E-state index in [4.69, 9.17) is 56.8 Å². The van der Waals surface area contributed by atoms with E-state index in [0.717, 1.165) is 50.3 Å². The molecule has 326 valence electrons. The number of hydrogen-bond acceptors (Lipinski definition) is 14. The second-order valence-corrected chi connectivity index (χ2v) is 16.6. The van der Waals surface area contributed by atoms with Crippen molar-refractivity contribution in [1.29, 1.82) is 0 Å². The topological polar surface area (TPSA) is 148 Å². The number of fused-ring (bicyclic) bond motifs is 12. The van der Waals surface area contributed by atoms with E-state index in [1.807, 2.05) is 62.4 Å². The number of carbonyl (C=O) groups is 1. The van der Waals surface area contributed by atoms with Crippen LogP contribution >= 0.6 is 0 Å². The minimum absolute atomic E-state index is 0.00724. The normalized spacial score (nSPS) is 21.3. The molecular formula is C48H50O14. The van der Waals surface area contributed by atoms with E-state index in [0.29, 0.717) is 82.9 Å². The predicted octanol–water partition coefficient (Wildman–Crippen LogP) is 7.10. The van der Waals surface area contributed by atoms with Crippen molar-refractivity contribution in [2.24, 2.45) is 0 Å². The smallest absolute Gasteiger partial charge is 0.180 e. The zero-order valence-corrected chi connectivity index (χ0v) is 36.4. The van der Waals surface area contributed by atoms with E-state index in [2.05, 4.69) is 0 Å². The number of carbonyl (C=O) groups excluding carboxylic acids is 1. The highest BCUT2D eigenvalue weighted by Gasteiger charge is 2.44. The molecule has 0 spiro atoms. The fourth-order valence-corrected chi connectivity index (χ4v) is 8.86. The van der Waals surface area contributed by atoms with Crippen molar-refractivity contribution in [2.75, 3.05) is 55.9 Å². The number of ether oxygens (including phenoxy) is 12. The van der Waals surface area contributed by atoms with Crippen molar-refractivity contribution >= 4 is 28.4 Å². The highest BCUT2D eigenvalue weighted by molar-refractivity contribution is 5.99. The molecule has 0 radical (unpaired) electrons. The summed E-state index contributed by atoms with van der Waals surface area (Å²) in [5.74, 6) is 7.79. The van der Waals surface area contributed by atoms with Crippen LogP contribution in [0.2, 0.25) is 0 Å². The minimum Gasteiger partial charge on any atom is -0.496 e. The van der Waals surface area contributed by atoms with E-state index in [9.17, 15) is 9.90 Å². The van der Waals surface area contributed by atoms with E-state index < -0.39 is 23.4 Å². The molecule has 6 heterocycles. The van der Waals surface area contributed by atoms with E-state index in [-0.39, 0.29) is 18.3 Å². The van der Waals surface area contributed by atoms with Gasteiger partial charge in [0.15, 0.2) is 46.6 Å². The maximum Gasteiger partial charge on any atom is 0.180 e. The lowest BCUT2D eigenvalue weighted by molar-refractivity contribution is -0.132. The molecule has 6 aliphatic heterocycles. The molecule has 1 N–H and O–H groups in total. The van der Waals surface area contributed by atoms with Gasteiger partial charge in [-0.25, -0.2) is 0 Å². The summed E-state index contributed by atoms with van der Waals surface area (Å²) in [4.78, 5) is 12.6. The number of benzene rings is 4. The molecule has 0 saturated heterocycles. The van der Waals surface area contributed by atoms with Crippen molar-refractivity contribution in [1.82, 2.24) is 0 Å². The van der Waals surface area contributed by atoms with Gasteiger partial charge in [-0.2, -0.15) is 0 Å². The summed E-state index contributed by atoms with van der Waals surface area (Å²) in [6, 6.07) is 15.0. The van der Waals surface area contributed by atoms with Crippen molar-refractivity contribution in [3.8, 4) is 57.5 Å². The zero-order valence-electron chi connectivity index (χ0n) is 36.4. The first-order valence-corrected chi connectivity index (χ1v) is 20.4. The summed E-state index contributed by atoms with van der Waals surface area (Å²) in [6.45, 7) is 7.95. The summed E-state index contributed by atoms with van der Waals surface area (Å²) >= 11 is 0. The SMILES string of the molecule is COC1=C2c3cc(OC)c(OC)cc3OC[C@H]2Oc2c1ccc1c2CC(=O)C(C)(C)O1.COC1=C2c3cc(OC)c(OC)cc3OC[C@H]2Oc2c1ccc1c2CC(O)C(C)(C)O1. The van der Waals surface area contributed by atoms with Crippen molar-refractivity contribution in [3.05, 3.63) is 81.9 Å². The monoisotopic (exact) mass is 850 g/mol. The Morgan fingerprint density at radius 1 is 0.565 bits per heavy atom. The van der Waals surface area contributed by atoms with Gasteiger partial charge in [0.25, 0.3) is 0 Å². The molecule has 3 atom stereocenters. The van der Waals surface area contributed by atoms with E-state index in [1.54, 1.807) is 56.5 Å². The first-order chi connectivity index (χ1) is 29.7. The van der Waals surface area contributed by atoms with Gasteiger partial charge in [0.2, 0.25) is 0 Å². The van der Waals surface area contributed by atoms with Crippen LogP contribution in [0.5, 0.6) is 57.5 Å². The Morgan fingerprint density at radius 3 is 1.48 bits per heavy atom. The largest absolute Gasteiger partial charge is 0.496 e. The molecule has 6 aliphatic rings. The van der Waals surface area contributed by atoms with E-state index in [1.165, 1.54) is 0 Å². The molecule has 14 heteroatoms. The number of ketones is 1. The Hall–Kier alpha value is -6.41. The molecule has 0 aliphatic carbocycles. The average Bonchev–Trinajstić information content (AvgIpc) is 3.27. The lowest BCUT2D eigenvalue weighted by Crippen LogP contribution is -2.46. The number of rotatable bonds is 6. The van der Waals surface area contributed by atoms with Crippen LogP contribution in [-0.4, -0.2) is 96.3 Å². The number of methoxy groups -OCH3 is 6. The standard InChI is InChI=1S/C24H26O7.C24H24O7/c2*1-24(2)20(25)9-14-15(31-24)7-6-12-22(14)30-19-11-29-16-10-18(27-4)17(26-3)8-13(16)21(19)23(12)28-5/h6-8,10,19-20,25H,9,11H2,1-5H3;6-8,10,19H,9,11H2,1-5H3/t19-,20?;19-/m11/s1. The maximum atomic E-state index is 12.6. The molecule has 0 amide bonds. The average molecular weight is 851 g/mol. The second kappa shape index (κ2) is 15.2. The summed E-state index contributed by atoms with van der Waals surface area (Å²) in [6.07, 6.45) is -0.734. The molecule has 10 rings (SSSR count). The summed E-state index contributed by atoms with van der Waals surface area (Å²) in [5, 5.41) is 10.6. The van der Waals surface area contributed by atoms with Crippen LogP contribution in [0.1, 0.15) is 61.1 Å². The molecule has 0 fully saturated rings. The molecule has 0 bridgehead atoms. The molecule has 62 heavy (non-hydrogen) atoms. The molecule has 0 saturated carbocycles. The molecule has 1 unspecified atom stereocenters. The molecule has 4 aromatic rings. The number of aliphatic hydroxyl groups excluding tert-OH is 1. The predicted molar refractivity (Wildman–Crippen MR) is 227 cm³/mol. The van der Waals surface area contributed by atoms with Crippen LogP contribution in [0.25, 0.3) is 22.7 Å². The Bertz CT molecular complexity index is 2570. The summed E-state index contributed by atoms with van der Waals surface area (Å²) < 4.78 is 70.5. The van der Waals surface area contributed by atoms with E-state index >= 15 is 0 Å². The third-order valence-corrected chi connectivity index (χ3v) is 12.3. The van der Waals surface area contributed by atoms with Crippen LogP contribution < -0.4 is 47.4 Å². The van der Waals surface area contributed by atoms with Gasteiger partial charge in [0, 0.05) is 58.4 Å². The van der Waals surface area contributed by atoms with Gasteiger partial charge >= 0.3 is 0 Å². The number of aliphatic hydroxyl groups is 1. The molecule has 0 aromatic heterocycles. The van der Waals surface area contributed by atoms with Gasteiger partial charge in [-0.3, -0.25) is 4.79 Å². The second-order valence-electron chi connectivity index (χ2n) is 16.6. The van der Waals surface area contributed by atoms with Gasteiger partial charge in [-0.15, -0.1) is 0 Å². The van der Waals surface area contributed by atoms with Crippen LogP contribution in [0.3, 0.4) is 0 Å². The van der Waals surface area contributed by atoms with Gasteiger partial charge < -0.3 is 61.9 Å². The highest BCUT2D eigenvalue weighted by atomic mass is 16.6. The minimum atomic E-state index is -0.858. The third kappa shape index (κ3) is 6.45. The van der Waals surface area contributed by atoms with Gasteiger partial charge in [-0.05, 0) is 64.1 Å². The quantitative estimate of drug-likeness (QED) is 0.210. The Balaban J connectivity index is 0.000000158. The fraction of sp³-hybridized carbons (Fsp3) is 0.396. The molecular weight excluding hydrogens is 801 g/mol. The molecule has 4 aromatic carbocycles. The van der Waals surface area contributed by atoms with Crippen LogP contribution in [0.4, 0.5) is 0 Å². The Kier molecular flexibility index (Phi) is 10.0. The maximum absolute atomic E-state index is 12.6. The van der Waals surface area contributed by atoms with Crippen molar-refractivity contribution in [3.63, 3.8) is 0 Å². The van der Waals surface area contributed by atoms with Crippen molar-refractivity contribution < 1.29 is 66.7 Å². The third-order valence-electron chi connectivity index (χ3n) is 12.3. The highest BCUT2D eigenvalue weighted by Crippen LogP contribution is 2.54. The first-order valence-electron chi connectivity index (χ1n) is 20.4. The van der Waals surface area contributed by atoms with Gasteiger partial charge in [0.05, 0.1) is 59.9 Å². The van der Waals surface area contributed by atoms with Crippen LogP contribution in [0.15, 0.2) is 48.5 Å². The Labute approximate surface area is 359 Å². The first kappa shape index (κ1) is 41.0. The molecule has 14 nitrogen and oxygen atoms in total. The summed E-state index contributed by atoms with van der Waals surface area (Å²) in [5.41, 5.74) is 5.11. The fourth-order valence-electron chi connectivity index (χ4n) is 8.86. The lowest BCUT2D eigenvalue weighted by Gasteiger charge is -2.40. The lowest BCUT2D eigenvalue weighted by atomic mass is 9.86. The van der Waals surface area contributed by atoms with Crippen LogP contribution in [-0.2, 0) is 27.1 Å². The number of hydrogen-bond donors (Lipinski definition) is 1. The number of Topliss-reactive ketones (excluding diaryl/α,β-unsaturated/α-hetero) is 1.